The van der Waals surface area contributed by atoms with Crippen LogP contribution in [0.3, 0.4) is 0 Å². The second-order valence-electron chi connectivity index (χ2n) is 3.93. The second kappa shape index (κ2) is 6.54. The number of hydrogen-bond donors (Lipinski definition) is 0. The topological polar surface area (TPSA) is 60.4 Å². The minimum atomic E-state index is -3.58. The first-order valence-corrected chi connectivity index (χ1v) is 6.88. The van der Waals surface area contributed by atoms with Crippen LogP contribution in [0.2, 0.25) is 0 Å². The standard InChI is InChI=1S/C11H18O4S/c1-5-7-16(13,14)10(6-2)11(12)15-8-9(3)4/h1,9-10H,6-8H2,2-4H3. The molecule has 92 valence electrons. The molecule has 0 aliphatic heterocycles. The summed E-state index contributed by atoms with van der Waals surface area (Å²) < 4.78 is 28.1. The van der Waals surface area contributed by atoms with Crippen LogP contribution in [0.4, 0.5) is 0 Å². The molecule has 1 unspecified atom stereocenters. The van der Waals surface area contributed by atoms with Crippen LogP contribution in [-0.4, -0.2) is 32.0 Å². The Morgan fingerprint density at radius 3 is 2.38 bits per heavy atom. The molecule has 16 heavy (non-hydrogen) atoms. The molecule has 0 aromatic rings. The van der Waals surface area contributed by atoms with Gasteiger partial charge in [-0.15, -0.1) is 6.42 Å². The van der Waals surface area contributed by atoms with Crippen LogP contribution < -0.4 is 0 Å². The van der Waals surface area contributed by atoms with Gasteiger partial charge >= 0.3 is 5.97 Å². The first-order valence-electron chi connectivity index (χ1n) is 5.16. The van der Waals surface area contributed by atoms with Crippen molar-refractivity contribution in [3.05, 3.63) is 0 Å². The Kier molecular flexibility index (Phi) is 6.12. The highest BCUT2D eigenvalue weighted by molar-refractivity contribution is 7.92. The lowest BCUT2D eigenvalue weighted by atomic mass is 10.2. The third-order valence-electron chi connectivity index (χ3n) is 1.91. The molecule has 0 aliphatic rings. The first kappa shape index (κ1) is 15.0. The zero-order chi connectivity index (χ0) is 12.8. The Labute approximate surface area is 97.3 Å². The highest BCUT2D eigenvalue weighted by Crippen LogP contribution is 2.10. The average molecular weight is 246 g/mol. The van der Waals surface area contributed by atoms with Crippen LogP contribution >= 0.6 is 0 Å². The number of rotatable bonds is 6. The fraction of sp³-hybridized carbons (Fsp3) is 0.727. The van der Waals surface area contributed by atoms with Crippen LogP contribution in [0, 0.1) is 18.3 Å². The van der Waals surface area contributed by atoms with Gasteiger partial charge in [0.2, 0.25) is 0 Å². The van der Waals surface area contributed by atoms with E-state index in [4.69, 9.17) is 11.2 Å². The molecule has 1 atom stereocenters. The number of hydrogen-bond acceptors (Lipinski definition) is 4. The minimum Gasteiger partial charge on any atom is -0.464 e. The monoisotopic (exact) mass is 246 g/mol. The Morgan fingerprint density at radius 2 is 2.00 bits per heavy atom. The van der Waals surface area contributed by atoms with E-state index in [1.807, 2.05) is 19.8 Å². The Morgan fingerprint density at radius 1 is 1.44 bits per heavy atom. The molecule has 0 saturated heterocycles. The highest BCUT2D eigenvalue weighted by Gasteiger charge is 2.31. The summed E-state index contributed by atoms with van der Waals surface area (Å²) in [6, 6.07) is 0. The first-order chi connectivity index (χ1) is 7.35. The molecule has 0 fully saturated rings. The summed E-state index contributed by atoms with van der Waals surface area (Å²) in [5, 5.41) is -1.14. The lowest BCUT2D eigenvalue weighted by Gasteiger charge is -2.14. The van der Waals surface area contributed by atoms with Gasteiger partial charge in [-0.3, -0.25) is 4.79 Å². The lowest BCUT2D eigenvalue weighted by molar-refractivity contribution is -0.144. The summed E-state index contributed by atoms with van der Waals surface area (Å²) in [6.07, 6.45) is 5.13. The molecule has 0 heterocycles. The smallest absolute Gasteiger partial charge is 0.324 e. The van der Waals surface area contributed by atoms with Gasteiger partial charge in [0.25, 0.3) is 0 Å². The van der Waals surface area contributed by atoms with Crippen LogP contribution in [0.25, 0.3) is 0 Å². The summed E-state index contributed by atoms with van der Waals surface area (Å²) in [5.74, 6) is 1.09. The van der Waals surface area contributed by atoms with Gasteiger partial charge in [0.1, 0.15) is 5.75 Å². The van der Waals surface area contributed by atoms with E-state index < -0.39 is 26.8 Å². The number of carbonyl (C=O) groups excluding carboxylic acids is 1. The van der Waals surface area contributed by atoms with E-state index in [0.717, 1.165) is 0 Å². The zero-order valence-electron chi connectivity index (χ0n) is 9.89. The zero-order valence-corrected chi connectivity index (χ0v) is 10.7. The normalized spacial score (nSPS) is 13.2. The third-order valence-corrected chi connectivity index (χ3v) is 3.87. The molecule has 0 N–H and O–H groups in total. The molecule has 4 nitrogen and oxygen atoms in total. The van der Waals surface area contributed by atoms with Crippen molar-refractivity contribution >= 4 is 15.8 Å². The van der Waals surface area contributed by atoms with Gasteiger partial charge in [-0.05, 0) is 12.3 Å². The third kappa shape index (κ3) is 4.67. The Balaban J connectivity index is 4.63. The van der Waals surface area contributed by atoms with Crippen LogP contribution in [0.1, 0.15) is 27.2 Å². The van der Waals surface area contributed by atoms with E-state index >= 15 is 0 Å². The van der Waals surface area contributed by atoms with Crippen molar-refractivity contribution in [2.75, 3.05) is 12.4 Å². The number of esters is 1. The average Bonchev–Trinajstić information content (AvgIpc) is 2.15. The van der Waals surface area contributed by atoms with Crippen LogP contribution in [0.5, 0.6) is 0 Å². The SMILES string of the molecule is C#CCS(=O)(=O)C(CC)C(=O)OCC(C)C. The molecule has 0 aromatic heterocycles. The maximum absolute atomic E-state index is 11.6. The summed E-state index contributed by atoms with van der Waals surface area (Å²) in [6.45, 7) is 5.60. The van der Waals surface area contributed by atoms with Crippen molar-refractivity contribution < 1.29 is 17.9 Å². The van der Waals surface area contributed by atoms with Gasteiger partial charge < -0.3 is 4.74 Å². The predicted molar refractivity (Wildman–Crippen MR) is 62.5 cm³/mol. The summed E-state index contributed by atoms with van der Waals surface area (Å²) in [4.78, 5) is 11.5. The maximum Gasteiger partial charge on any atom is 0.324 e. The number of ether oxygens (including phenoxy) is 1. The minimum absolute atomic E-state index is 0.178. The summed E-state index contributed by atoms with van der Waals surface area (Å²) in [5.41, 5.74) is 0. The van der Waals surface area contributed by atoms with Crippen LogP contribution in [0.15, 0.2) is 0 Å². The van der Waals surface area contributed by atoms with E-state index in [2.05, 4.69) is 0 Å². The van der Waals surface area contributed by atoms with Crippen molar-refractivity contribution in [3.8, 4) is 12.3 Å². The molecular weight excluding hydrogens is 228 g/mol. The van der Waals surface area contributed by atoms with Gasteiger partial charge in [-0.1, -0.05) is 26.7 Å². The maximum atomic E-state index is 11.6. The Bertz CT molecular complexity index is 362. The van der Waals surface area contributed by atoms with Gasteiger partial charge in [0.05, 0.1) is 6.61 Å². The van der Waals surface area contributed by atoms with Crippen molar-refractivity contribution in [1.82, 2.24) is 0 Å². The number of carbonyl (C=O) groups is 1. The van der Waals surface area contributed by atoms with E-state index in [-0.39, 0.29) is 18.9 Å². The highest BCUT2D eigenvalue weighted by atomic mass is 32.2. The molecular formula is C11H18O4S. The quantitative estimate of drug-likeness (QED) is 0.518. The van der Waals surface area contributed by atoms with E-state index in [1.54, 1.807) is 6.92 Å². The second-order valence-corrected chi connectivity index (χ2v) is 6.12. The van der Waals surface area contributed by atoms with Crippen molar-refractivity contribution in [3.63, 3.8) is 0 Å². The molecule has 0 spiro atoms. The summed E-state index contributed by atoms with van der Waals surface area (Å²) in [7, 11) is -3.58. The van der Waals surface area contributed by atoms with Gasteiger partial charge in [-0.2, -0.15) is 0 Å². The predicted octanol–water partition coefficient (Wildman–Crippen LogP) is 1.01. The Hall–Kier alpha value is -1.02. The molecule has 0 amide bonds. The van der Waals surface area contributed by atoms with Gasteiger partial charge in [-0.25, -0.2) is 8.42 Å². The van der Waals surface area contributed by atoms with E-state index in [1.165, 1.54) is 0 Å². The molecule has 0 saturated carbocycles. The van der Waals surface area contributed by atoms with E-state index in [9.17, 15) is 13.2 Å². The van der Waals surface area contributed by atoms with Crippen LogP contribution in [-0.2, 0) is 19.4 Å². The molecule has 0 aliphatic carbocycles. The lowest BCUT2D eigenvalue weighted by Crippen LogP contribution is -2.33. The largest absolute Gasteiger partial charge is 0.464 e. The molecule has 0 radical (unpaired) electrons. The fourth-order valence-corrected chi connectivity index (χ4v) is 2.43. The number of terminal acetylenes is 1. The molecule has 5 heteroatoms. The van der Waals surface area contributed by atoms with E-state index in [0.29, 0.717) is 0 Å². The summed E-state index contributed by atoms with van der Waals surface area (Å²) >= 11 is 0. The fourth-order valence-electron chi connectivity index (χ4n) is 1.13. The number of sulfone groups is 1. The van der Waals surface area contributed by atoms with Gasteiger partial charge in [0, 0.05) is 0 Å². The van der Waals surface area contributed by atoms with Crippen molar-refractivity contribution in [1.29, 1.82) is 0 Å². The van der Waals surface area contributed by atoms with Gasteiger partial charge in [0.15, 0.2) is 15.1 Å². The van der Waals surface area contributed by atoms with Crippen molar-refractivity contribution in [2.24, 2.45) is 5.92 Å². The molecule has 0 bridgehead atoms. The molecule has 0 aromatic carbocycles. The van der Waals surface area contributed by atoms with Crippen molar-refractivity contribution in [2.45, 2.75) is 32.4 Å². The molecule has 0 rings (SSSR count).